The fraction of sp³-hybridized carbons (Fsp3) is 0.609. The van der Waals surface area contributed by atoms with Crippen molar-refractivity contribution >= 4 is 26.1 Å². The Bertz CT molecular complexity index is 847. The van der Waals surface area contributed by atoms with Crippen LogP contribution in [-0.2, 0) is 20.5 Å². The summed E-state index contributed by atoms with van der Waals surface area (Å²) in [5, 5.41) is 2.94. The Balaban J connectivity index is 1.58. The molecule has 1 N–H and O–H groups in total. The average Bonchev–Trinajstić information content (AvgIpc) is 3.04. The number of amides is 2. The van der Waals surface area contributed by atoms with E-state index in [1.165, 1.54) is 0 Å². The third-order valence-corrected chi connectivity index (χ3v) is 11.3. The highest BCUT2D eigenvalue weighted by Gasteiger charge is 2.47. The monoisotopic (exact) mass is 446 g/mol. The molecule has 1 aromatic rings. The minimum absolute atomic E-state index is 0.0124. The van der Waals surface area contributed by atoms with Gasteiger partial charge in [0.25, 0.3) is 0 Å². The van der Waals surface area contributed by atoms with E-state index in [4.69, 9.17) is 9.16 Å². The quantitative estimate of drug-likeness (QED) is 0.374. The van der Waals surface area contributed by atoms with Gasteiger partial charge in [-0.05, 0) is 30.6 Å². The molecule has 0 bridgehead atoms. The van der Waals surface area contributed by atoms with Crippen LogP contribution in [0.2, 0.25) is 18.1 Å². The van der Waals surface area contributed by atoms with Crippen LogP contribution in [0.25, 0.3) is 0 Å². The van der Waals surface area contributed by atoms with Crippen molar-refractivity contribution in [2.24, 2.45) is 5.92 Å². The molecule has 2 amide bonds. The zero-order valence-corrected chi connectivity index (χ0v) is 20.4. The number of cyclic esters (lactones) is 1. The number of ketones is 1. The molecule has 2 aliphatic heterocycles. The van der Waals surface area contributed by atoms with Gasteiger partial charge in [-0.1, -0.05) is 45.0 Å². The molecule has 3 rings (SSSR count). The van der Waals surface area contributed by atoms with Gasteiger partial charge >= 0.3 is 6.09 Å². The Labute approximate surface area is 185 Å². The Morgan fingerprint density at radius 2 is 1.90 bits per heavy atom. The highest BCUT2D eigenvalue weighted by Crippen LogP contribution is 2.39. The van der Waals surface area contributed by atoms with Gasteiger partial charge in [0.05, 0.1) is 24.6 Å². The second-order valence-electron chi connectivity index (χ2n) is 10.1. The molecule has 0 aliphatic carbocycles. The van der Waals surface area contributed by atoms with Gasteiger partial charge in [0.1, 0.15) is 6.61 Å². The summed E-state index contributed by atoms with van der Waals surface area (Å²) in [6, 6.07) is 7.07. The highest BCUT2D eigenvalue weighted by molar-refractivity contribution is 6.74. The number of Topliss-reactive ketones (excluding diaryl/α,β-unsaturated/α-hetero) is 1. The molecular formula is C23H34N2O5Si. The molecule has 0 aromatic heterocycles. The number of carbonyl (C=O) groups is 3. The second kappa shape index (κ2) is 8.74. The smallest absolute Gasteiger partial charge is 0.410 e. The summed E-state index contributed by atoms with van der Waals surface area (Å²) >= 11 is 0. The van der Waals surface area contributed by atoms with Crippen molar-refractivity contribution in [1.82, 2.24) is 10.2 Å². The standard InChI is InChI=1S/C23H34N2O5Si/c1-15(30-31(5,6)23(2,3)4)20-18(24-21(20)27)13-19(26)17-9-7-16(8-10-17)14-25-11-12-29-22(25)28/h7-10,15,18,20H,11-14H2,1-6H3,(H,24,27)/t15-,18-,20-/m1/s1. The van der Waals surface area contributed by atoms with E-state index in [1.54, 1.807) is 17.0 Å². The summed E-state index contributed by atoms with van der Waals surface area (Å²) in [5.74, 6) is -0.364. The lowest BCUT2D eigenvalue weighted by Crippen LogP contribution is -2.64. The van der Waals surface area contributed by atoms with E-state index in [2.05, 4.69) is 39.2 Å². The number of nitrogens with zero attached hydrogens (tertiary/aromatic N) is 1. The number of benzene rings is 1. The van der Waals surface area contributed by atoms with Gasteiger partial charge in [-0.3, -0.25) is 9.59 Å². The first kappa shape index (κ1) is 23.5. The predicted octanol–water partition coefficient (Wildman–Crippen LogP) is 3.74. The van der Waals surface area contributed by atoms with Gasteiger partial charge in [-0.25, -0.2) is 4.79 Å². The molecule has 0 radical (unpaired) electrons. The van der Waals surface area contributed by atoms with E-state index >= 15 is 0 Å². The van der Waals surface area contributed by atoms with Crippen molar-refractivity contribution in [3.8, 4) is 0 Å². The molecule has 31 heavy (non-hydrogen) atoms. The summed E-state index contributed by atoms with van der Waals surface area (Å²) < 4.78 is 11.3. The van der Waals surface area contributed by atoms with Crippen molar-refractivity contribution < 1.29 is 23.5 Å². The highest BCUT2D eigenvalue weighted by atomic mass is 28.4. The number of hydrogen-bond acceptors (Lipinski definition) is 5. The topological polar surface area (TPSA) is 84.9 Å². The van der Waals surface area contributed by atoms with Gasteiger partial charge in [0, 0.05) is 18.5 Å². The number of hydrogen-bond donors (Lipinski definition) is 1. The van der Waals surface area contributed by atoms with Crippen LogP contribution in [0.4, 0.5) is 4.79 Å². The summed E-state index contributed by atoms with van der Waals surface area (Å²) in [5.41, 5.74) is 1.55. The van der Waals surface area contributed by atoms with E-state index in [-0.39, 0.29) is 47.3 Å². The van der Waals surface area contributed by atoms with Crippen LogP contribution in [0.15, 0.2) is 24.3 Å². The average molecular weight is 447 g/mol. The Hall–Kier alpha value is -2.19. The molecule has 7 nitrogen and oxygen atoms in total. The predicted molar refractivity (Wildman–Crippen MR) is 120 cm³/mol. The normalized spacial score (nSPS) is 22.6. The van der Waals surface area contributed by atoms with E-state index < -0.39 is 8.32 Å². The molecule has 1 aromatic carbocycles. The molecular weight excluding hydrogens is 412 g/mol. The summed E-state index contributed by atoms with van der Waals surface area (Å²) in [6.45, 7) is 14.3. The van der Waals surface area contributed by atoms with E-state index in [9.17, 15) is 14.4 Å². The maximum atomic E-state index is 12.8. The van der Waals surface area contributed by atoms with Crippen LogP contribution in [0.5, 0.6) is 0 Å². The molecule has 3 atom stereocenters. The van der Waals surface area contributed by atoms with E-state index in [1.807, 2.05) is 19.1 Å². The maximum Gasteiger partial charge on any atom is 0.410 e. The van der Waals surface area contributed by atoms with Gasteiger partial charge in [-0.2, -0.15) is 0 Å². The van der Waals surface area contributed by atoms with E-state index in [0.29, 0.717) is 25.3 Å². The molecule has 170 valence electrons. The van der Waals surface area contributed by atoms with Crippen molar-refractivity contribution in [2.75, 3.05) is 13.2 Å². The number of rotatable bonds is 8. The second-order valence-corrected chi connectivity index (χ2v) is 14.8. The van der Waals surface area contributed by atoms with Crippen LogP contribution in [-0.4, -0.2) is 56.3 Å². The maximum absolute atomic E-state index is 12.8. The molecule has 0 spiro atoms. The molecule has 0 saturated carbocycles. The SMILES string of the molecule is C[C@@H](O[Si](C)(C)C(C)(C)C)[C@H]1C(=O)N[C@@H]1CC(=O)c1ccc(CN2CCOC2=O)cc1. The van der Waals surface area contributed by atoms with Crippen molar-refractivity contribution in [3.63, 3.8) is 0 Å². The molecule has 2 aliphatic rings. The number of nitrogens with one attached hydrogen (secondary N) is 1. The van der Waals surface area contributed by atoms with Crippen molar-refractivity contribution in [1.29, 1.82) is 0 Å². The molecule has 8 heteroatoms. The Morgan fingerprint density at radius 1 is 1.26 bits per heavy atom. The first-order valence-corrected chi connectivity index (χ1v) is 13.8. The lowest BCUT2D eigenvalue weighted by atomic mass is 9.82. The minimum Gasteiger partial charge on any atom is -0.448 e. The summed E-state index contributed by atoms with van der Waals surface area (Å²) in [7, 11) is -2.00. The molecule has 2 fully saturated rings. The fourth-order valence-electron chi connectivity index (χ4n) is 3.79. The Kier molecular flexibility index (Phi) is 6.62. The number of β-lactam (4-membered cyclic amide) rings is 1. The van der Waals surface area contributed by atoms with E-state index in [0.717, 1.165) is 5.56 Å². The summed E-state index contributed by atoms with van der Waals surface area (Å²) in [6.07, 6.45) is -0.282. The molecule has 0 unspecified atom stereocenters. The van der Waals surface area contributed by atoms with Gasteiger partial charge in [-0.15, -0.1) is 0 Å². The van der Waals surface area contributed by atoms with Gasteiger partial charge in [0.2, 0.25) is 5.91 Å². The van der Waals surface area contributed by atoms with Crippen LogP contribution in [0.1, 0.15) is 50.0 Å². The third kappa shape index (κ3) is 5.18. The van der Waals surface area contributed by atoms with Crippen LogP contribution < -0.4 is 5.32 Å². The van der Waals surface area contributed by atoms with Crippen molar-refractivity contribution in [3.05, 3.63) is 35.4 Å². The van der Waals surface area contributed by atoms with Gasteiger partial charge < -0.3 is 19.4 Å². The van der Waals surface area contributed by atoms with Gasteiger partial charge in [0.15, 0.2) is 14.1 Å². The van der Waals surface area contributed by atoms with Crippen molar-refractivity contribution in [2.45, 2.75) is 70.9 Å². The fourth-order valence-corrected chi connectivity index (χ4v) is 5.22. The third-order valence-electron chi connectivity index (χ3n) is 6.76. The summed E-state index contributed by atoms with van der Waals surface area (Å²) in [4.78, 5) is 38.3. The number of ether oxygens (including phenoxy) is 1. The van der Waals surface area contributed by atoms with Crippen LogP contribution >= 0.6 is 0 Å². The molecule has 2 heterocycles. The minimum atomic E-state index is -2.00. The zero-order chi connectivity index (χ0) is 23.0. The molecule has 2 saturated heterocycles. The first-order valence-electron chi connectivity index (χ1n) is 10.9. The lowest BCUT2D eigenvalue weighted by molar-refractivity contribution is -0.139. The number of carbonyl (C=O) groups excluding carboxylic acids is 3. The lowest BCUT2D eigenvalue weighted by Gasteiger charge is -2.45. The van der Waals surface area contributed by atoms with Crippen LogP contribution in [0, 0.1) is 5.92 Å². The zero-order valence-electron chi connectivity index (χ0n) is 19.4. The van der Waals surface area contributed by atoms with Crippen LogP contribution in [0.3, 0.4) is 0 Å². The first-order chi connectivity index (χ1) is 14.4. The largest absolute Gasteiger partial charge is 0.448 e. The Morgan fingerprint density at radius 3 is 2.42 bits per heavy atom.